The van der Waals surface area contributed by atoms with Crippen molar-refractivity contribution in [3.05, 3.63) is 35.4 Å². The Bertz CT molecular complexity index is 469. The van der Waals surface area contributed by atoms with E-state index in [1.165, 1.54) is 12.5 Å². The van der Waals surface area contributed by atoms with E-state index in [2.05, 4.69) is 10.2 Å². The zero-order valence-corrected chi connectivity index (χ0v) is 12.4. The summed E-state index contributed by atoms with van der Waals surface area (Å²) in [5.41, 5.74) is 0.603. The summed E-state index contributed by atoms with van der Waals surface area (Å²) in [6, 6.07) is 3.92. The number of nitrogens with zero attached hydrogens (tertiary/aromatic N) is 1. The van der Waals surface area contributed by atoms with Gasteiger partial charge in [-0.15, -0.1) is 12.4 Å². The molecule has 3 rings (SSSR count). The van der Waals surface area contributed by atoms with Gasteiger partial charge in [0, 0.05) is 24.2 Å². The molecule has 2 aliphatic rings. The van der Waals surface area contributed by atoms with Crippen LogP contribution in [0.2, 0.25) is 0 Å². The lowest BCUT2D eigenvalue weighted by Crippen LogP contribution is -2.41. The van der Waals surface area contributed by atoms with Crippen molar-refractivity contribution < 1.29 is 8.78 Å². The Morgan fingerprint density at radius 2 is 2.00 bits per heavy atom. The smallest absolute Gasteiger partial charge is 0.130 e. The molecule has 2 nitrogen and oxygen atoms in total. The largest absolute Gasteiger partial charge is 0.316 e. The number of likely N-dealkylation sites (tertiary alicyclic amines) is 1. The molecule has 0 aliphatic carbocycles. The topological polar surface area (TPSA) is 15.3 Å². The molecule has 1 aromatic rings. The average Bonchev–Trinajstić information content (AvgIpc) is 2.85. The lowest BCUT2D eigenvalue weighted by molar-refractivity contribution is 0.109. The molecule has 1 N–H and O–H groups in total. The van der Waals surface area contributed by atoms with Gasteiger partial charge >= 0.3 is 0 Å². The summed E-state index contributed by atoms with van der Waals surface area (Å²) in [6.45, 7) is 6.22. The summed E-state index contributed by atoms with van der Waals surface area (Å²) in [6.07, 6.45) is 1.17. The average molecular weight is 303 g/mol. The summed E-state index contributed by atoms with van der Waals surface area (Å²) in [5, 5.41) is 3.43. The van der Waals surface area contributed by atoms with E-state index in [1.807, 2.05) is 6.92 Å². The zero-order valence-electron chi connectivity index (χ0n) is 11.6. The van der Waals surface area contributed by atoms with Crippen molar-refractivity contribution in [3.63, 3.8) is 0 Å². The summed E-state index contributed by atoms with van der Waals surface area (Å²) in [5.74, 6) is 0.521. The second kappa shape index (κ2) is 6.37. The van der Waals surface area contributed by atoms with Gasteiger partial charge in [0.05, 0.1) is 0 Å². The van der Waals surface area contributed by atoms with E-state index in [4.69, 9.17) is 0 Å². The van der Waals surface area contributed by atoms with E-state index in [1.54, 1.807) is 6.07 Å². The minimum absolute atomic E-state index is 0. The standard InChI is InChI=1S/C15H20F2N2.ClH/c1-10(14-3-2-13(16)6-15(14)17)19-5-4-11-7-18-8-12(11)9-19;/h2-3,6,10-12,18H,4-5,7-9H2,1H3;1H. The van der Waals surface area contributed by atoms with Crippen LogP contribution in [0.15, 0.2) is 18.2 Å². The van der Waals surface area contributed by atoms with E-state index in [9.17, 15) is 8.78 Å². The minimum atomic E-state index is -0.507. The van der Waals surface area contributed by atoms with Crippen molar-refractivity contribution in [2.45, 2.75) is 19.4 Å². The van der Waals surface area contributed by atoms with Gasteiger partial charge in [0.1, 0.15) is 11.6 Å². The van der Waals surface area contributed by atoms with Crippen molar-refractivity contribution in [1.82, 2.24) is 10.2 Å². The molecule has 2 saturated heterocycles. The van der Waals surface area contributed by atoms with Crippen molar-refractivity contribution in [1.29, 1.82) is 0 Å². The van der Waals surface area contributed by atoms with E-state index >= 15 is 0 Å². The Labute approximate surface area is 124 Å². The van der Waals surface area contributed by atoms with Gasteiger partial charge in [-0.25, -0.2) is 8.78 Å². The predicted molar refractivity (Wildman–Crippen MR) is 78.1 cm³/mol. The van der Waals surface area contributed by atoms with Crippen LogP contribution in [0.3, 0.4) is 0 Å². The molecular formula is C15H21ClF2N2. The number of benzene rings is 1. The van der Waals surface area contributed by atoms with Crippen LogP contribution in [0.5, 0.6) is 0 Å². The normalized spacial score (nSPS) is 27.8. The van der Waals surface area contributed by atoms with Gasteiger partial charge in [0.25, 0.3) is 0 Å². The maximum absolute atomic E-state index is 13.8. The Hall–Kier alpha value is -0.710. The van der Waals surface area contributed by atoms with E-state index in [0.717, 1.165) is 38.2 Å². The Morgan fingerprint density at radius 1 is 1.25 bits per heavy atom. The molecular weight excluding hydrogens is 282 g/mol. The summed E-state index contributed by atoms with van der Waals surface area (Å²) < 4.78 is 26.8. The van der Waals surface area contributed by atoms with Gasteiger partial charge in [-0.2, -0.15) is 0 Å². The molecule has 20 heavy (non-hydrogen) atoms. The number of hydrogen-bond donors (Lipinski definition) is 1. The third kappa shape index (κ3) is 2.97. The molecule has 3 atom stereocenters. The molecule has 5 heteroatoms. The van der Waals surface area contributed by atoms with Gasteiger partial charge in [-0.1, -0.05) is 6.07 Å². The minimum Gasteiger partial charge on any atom is -0.316 e. The maximum atomic E-state index is 13.8. The fraction of sp³-hybridized carbons (Fsp3) is 0.600. The SMILES string of the molecule is CC(c1ccc(F)cc1F)N1CCC2CNCC2C1.Cl. The molecule has 2 aliphatic heterocycles. The first-order valence-corrected chi connectivity index (χ1v) is 7.05. The summed E-state index contributed by atoms with van der Waals surface area (Å²) in [7, 11) is 0. The molecule has 0 radical (unpaired) electrons. The second-order valence-corrected chi connectivity index (χ2v) is 5.80. The highest BCUT2D eigenvalue weighted by Crippen LogP contribution is 2.32. The molecule has 0 saturated carbocycles. The fourth-order valence-electron chi connectivity index (χ4n) is 3.45. The van der Waals surface area contributed by atoms with Gasteiger partial charge < -0.3 is 5.32 Å². The van der Waals surface area contributed by atoms with Gasteiger partial charge in [-0.3, -0.25) is 4.90 Å². The molecule has 3 unspecified atom stereocenters. The molecule has 0 bridgehead atoms. The second-order valence-electron chi connectivity index (χ2n) is 5.80. The number of hydrogen-bond acceptors (Lipinski definition) is 2. The predicted octanol–water partition coefficient (Wildman–Crippen LogP) is 2.99. The van der Waals surface area contributed by atoms with E-state index in [0.29, 0.717) is 11.5 Å². The summed E-state index contributed by atoms with van der Waals surface area (Å²) in [4.78, 5) is 2.32. The third-order valence-corrected chi connectivity index (χ3v) is 4.70. The van der Waals surface area contributed by atoms with Crippen LogP contribution in [0.1, 0.15) is 24.9 Å². The van der Waals surface area contributed by atoms with Crippen LogP contribution in [-0.2, 0) is 0 Å². The van der Waals surface area contributed by atoms with Crippen LogP contribution in [0.25, 0.3) is 0 Å². The van der Waals surface area contributed by atoms with Crippen molar-refractivity contribution >= 4 is 12.4 Å². The van der Waals surface area contributed by atoms with Crippen LogP contribution in [-0.4, -0.2) is 31.1 Å². The van der Waals surface area contributed by atoms with Crippen LogP contribution < -0.4 is 5.32 Å². The first-order chi connectivity index (χ1) is 9.15. The van der Waals surface area contributed by atoms with Crippen molar-refractivity contribution in [2.24, 2.45) is 11.8 Å². The molecule has 112 valence electrons. The summed E-state index contributed by atoms with van der Waals surface area (Å²) >= 11 is 0. The first-order valence-electron chi connectivity index (χ1n) is 7.05. The molecule has 1 aromatic carbocycles. The Morgan fingerprint density at radius 3 is 2.75 bits per heavy atom. The maximum Gasteiger partial charge on any atom is 0.130 e. The Kier molecular flexibility index (Phi) is 4.99. The van der Waals surface area contributed by atoms with Gasteiger partial charge in [0.2, 0.25) is 0 Å². The van der Waals surface area contributed by atoms with Crippen molar-refractivity contribution in [2.75, 3.05) is 26.2 Å². The third-order valence-electron chi connectivity index (χ3n) is 4.70. The van der Waals surface area contributed by atoms with Gasteiger partial charge in [-0.05, 0) is 50.9 Å². The first kappa shape index (κ1) is 15.7. The molecule has 0 amide bonds. The van der Waals surface area contributed by atoms with Gasteiger partial charge in [0.15, 0.2) is 0 Å². The lowest BCUT2D eigenvalue weighted by Gasteiger charge is -2.38. The molecule has 2 heterocycles. The van der Waals surface area contributed by atoms with Crippen molar-refractivity contribution in [3.8, 4) is 0 Å². The highest BCUT2D eigenvalue weighted by atomic mass is 35.5. The molecule has 2 fully saturated rings. The molecule has 0 aromatic heterocycles. The number of rotatable bonds is 2. The number of halogens is 3. The number of fused-ring (bicyclic) bond motifs is 1. The lowest BCUT2D eigenvalue weighted by atomic mass is 9.87. The van der Waals surface area contributed by atoms with E-state index < -0.39 is 11.6 Å². The van der Waals surface area contributed by atoms with Crippen LogP contribution in [0.4, 0.5) is 8.78 Å². The highest BCUT2D eigenvalue weighted by Gasteiger charge is 2.34. The fourth-order valence-corrected chi connectivity index (χ4v) is 3.45. The Balaban J connectivity index is 0.00000147. The zero-order chi connectivity index (χ0) is 13.4. The molecule has 0 spiro atoms. The van der Waals surface area contributed by atoms with Crippen LogP contribution in [0, 0.1) is 23.5 Å². The quantitative estimate of drug-likeness (QED) is 0.903. The van der Waals surface area contributed by atoms with E-state index in [-0.39, 0.29) is 18.4 Å². The van der Waals surface area contributed by atoms with Crippen LogP contribution >= 0.6 is 12.4 Å². The number of nitrogens with one attached hydrogen (secondary N) is 1. The monoisotopic (exact) mass is 302 g/mol. The number of piperidine rings is 1. The highest BCUT2D eigenvalue weighted by molar-refractivity contribution is 5.85.